The van der Waals surface area contributed by atoms with Crippen LogP contribution in [0.25, 0.3) is 0 Å². The third kappa shape index (κ3) is 3.43. The molecule has 1 N–H and O–H groups in total. The van der Waals surface area contributed by atoms with Crippen molar-refractivity contribution in [3.63, 3.8) is 0 Å². The van der Waals surface area contributed by atoms with Gasteiger partial charge in [0.1, 0.15) is 10.3 Å². The van der Waals surface area contributed by atoms with Crippen LogP contribution in [0.1, 0.15) is 33.6 Å². The molecule has 1 aromatic heterocycles. The number of ether oxygens (including phenoxy) is 1. The number of aryl methyl sites for hydroxylation is 1. The Morgan fingerprint density at radius 1 is 1.40 bits per heavy atom. The number of methoxy groups -OCH3 is 1. The first-order chi connectivity index (χ1) is 11.9. The van der Waals surface area contributed by atoms with Gasteiger partial charge in [0, 0.05) is 24.4 Å². The van der Waals surface area contributed by atoms with E-state index in [1.54, 1.807) is 4.90 Å². The van der Waals surface area contributed by atoms with Crippen LogP contribution in [0.5, 0.6) is 0 Å². The number of esters is 1. The second kappa shape index (κ2) is 7.17. The summed E-state index contributed by atoms with van der Waals surface area (Å²) in [5.41, 5.74) is 1.18. The van der Waals surface area contributed by atoms with Crippen LogP contribution in [0.15, 0.2) is 4.99 Å². The summed E-state index contributed by atoms with van der Waals surface area (Å²) < 4.78 is 4.80. The van der Waals surface area contributed by atoms with E-state index in [-0.39, 0.29) is 18.2 Å². The zero-order valence-corrected chi connectivity index (χ0v) is 15.9. The molecule has 1 unspecified atom stereocenters. The minimum absolute atomic E-state index is 0.0512. The molecule has 0 spiro atoms. The van der Waals surface area contributed by atoms with E-state index in [1.807, 2.05) is 13.8 Å². The molecule has 0 bridgehead atoms. The lowest BCUT2D eigenvalue weighted by Gasteiger charge is -2.19. The van der Waals surface area contributed by atoms with E-state index in [1.165, 1.54) is 30.2 Å². The van der Waals surface area contributed by atoms with Crippen molar-refractivity contribution in [3.05, 3.63) is 16.0 Å². The highest BCUT2D eigenvalue weighted by Crippen LogP contribution is 2.35. The number of fused-ring (bicyclic) bond motifs is 1. The van der Waals surface area contributed by atoms with Crippen LogP contribution < -0.4 is 5.32 Å². The van der Waals surface area contributed by atoms with Gasteiger partial charge in [-0.15, -0.1) is 11.3 Å². The number of thiophene rings is 1. The minimum atomic E-state index is -0.477. The van der Waals surface area contributed by atoms with E-state index in [2.05, 4.69) is 10.3 Å². The van der Waals surface area contributed by atoms with Crippen molar-refractivity contribution < 1.29 is 19.1 Å². The molecule has 3 heterocycles. The molecule has 2 amide bonds. The predicted molar refractivity (Wildman–Crippen MR) is 98.4 cm³/mol. The summed E-state index contributed by atoms with van der Waals surface area (Å²) >= 11 is 2.68. The van der Waals surface area contributed by atoms with Crippen LogP contribution in [-0.4, -0.2) is 53.3 Å². The maximum absolute atomic E-state index is 12.4. The molecule has 1 saturated heterocycles. The van der Waals surface area contributed by atoms with Gasteiger partial charge in [0.05, 0.1) is 12.7 Å². The summed E-state index contributed by atoms with van der Waals surface area (Å²) in [6.45, 7) is 5.09. The highest BCUT2D eigenvalue weighted by molar-refractivity contribution is 8.15. The number of anilines is 1. The number of amidine groups is 1. The summed E-state index contributed by atoms with van der Waals surface area (Å²) in [5, 5.41) is 3.50. The van der Waals surface area contributed by atoms with E-state index in [4.69, 9.17) is 4.74 Å². The fourth-order valence-electron chi connectivity index (χ4n) is 2.78. The number of carbonyl (C=O) groups is 3. The lowest BCUT2D eigenvalue weighted by Crippen LogP contribution is -2.36. The molecule has 9 heteroatoms. The Morgan fingerprint density at radius 3 is 2.84 bits per heavy atom. The second-order valence-electron chi connectivity index (χ2n) is 5.85. The van der Waals surface area contributed by atoms with Crippen molar-refractivity contribution in [3.8, 4) is 0 Å². The van der Waals surface area contributed by atoms with Gasteiger partial charge in [-0.1, -0.05) is 11.8 Å². The van der Waals surface area contributed by atoms with Crippen LogP contribution >= 0.6 is 23.1 Å². The Bertz CT molecular complexity index is 772. The van der Waals surface area contributed by atoms with Crippen molar-refractivity contribution >= 4 is 51.1 Å². The predicted octanol–water partition coefficient (Wildman–Crippen LogP) is 2.18. The first-order valence-electron chi connectivity index (χ1n) is 7.93. The summed E-state index contributed by atoms with van der Waals surface area (Å²) in [5.74, 6) is -0.835. The third-order valence-electron chi connectivity index (χ3n) is 4.21. The third-order valence-corrected chi connectivity index (χ3v) is 6.54. The SMILES string of the molecule is COC(=O)c1c(NC(=O)CC2SC3=NCCCN3C2=O)sc(C)c1C. The Labute approximate surface area is 153 Å². The smallest absolute Gasteiger partial charge is 0.341 e. The molecule has 1 aromatic rings. The standard InChI is InChI=1S/C16H19N3O4S2/c1-8-9(2)24-13(12(8)15(22)23-3)18-11(20)7-10-14(21)19-6-4-5-17-16(19)25-10/h10H,4-7H2,1-3H3,(H,18,20). The quantitative estimate of drug-likeness (QED) is 0.808. The zero-order chi connectivity index (χ0) is 18.1. The molecule has 2 aliphatic rings. The molecular weight excluding hydrogens is 362 g/mol. The molecule has 1 fully saturated rings. The van der Waals surface area contributed by atoms with Gasteiger partial charge in [0.2, 0.25) is 11.8 Å². The summed E-state index contributed by atoms with van der Waals surface area (Å²) in [6.07, 6.45) is 0.903. The molecule has 0 radical (unpaired) electrons. The molecule has 1 atom stereocenters. The van der Waals surface area contributed by atoms with Gasteiger partial charge < -0.3 is 10.1 Å². The van der Waals surface area contributed by atoms with Gasteiger partial charge in [-0.3, -0.25) is 19.5 Å². The summed E-state index contributed by atoms with van der Waals surface area (Å²) in [6, 6.07) is 0. The Kier molecular flexibility index (Phi) is 5.14. The van der Waals surface area contributed by atoms with E-state index in [0.717, 1.165) is 23.4 Å². The summed E-state index contributed by atoms with van der Waals surface area (Å²) in [7, 11) is 1.31. The molecule has 134 valence electrons. The molecule has 3 rings (SSSR count). The van der Waals surface area contributed by atoms with E-state index in [9.17, 15) is 14.4 Å². The first-order valence-corrected chi connectivity index (χ1v) is 9.62. The van der Waals surface area contributed by atoms with Crippen molar-refractivity contribution in [2.45, 2.75) is 31.9 Å². The minimum Gasteiger partial charge on any atom is -0.465 e. The maximum atomic E-state index is 12.4. The lowest BCUT2D eigenvalue weighted by atomic mass is 10.1. The molecular formula is C16H19N3O4S2. The summed E-state index contributed by atoms with van der Waals surface area (Å²) in [4.78, 5) is 43.7. The van der Waals surface area contributed by atoms with Crippen molar-refractivity contribution in [2.75, 3.05) is 25.5 Å². The van der Waals surface area contributed by atoms with Crippen molar-refractivity contribution in [1.29, 1.82) is 0 Å². The highest BCUT2D eigenvalue weighted by Gasteiger charge is 2.39. The molecule has 0 aromatic carbocycles. The second-order valence-corrected chi connectivity index (χ2v) is 8.24. The monoisotopic (exact) mass is 381 g/mol. The number of amides is 2. The number of nitrogens with zero attached hydrogens (tertiary/aromatic N) is 2. The highest BCUT2D eigenvalue weighted by atomic mass is 32.2. The van der Waals surface area contributed by atoms with Gasteiger partial charge in [-0.2, -0.15) is 0 Å². The number of hydrogen-bond donors (Lipinski definition) is 1. The Balaban J connectivity index is 1.71. The number of hydrogen-bond acceptors (Lipinski definition) is 7. The van der Waals surface area contributed by atoms with Crippen LogP contribution in [-0.2, 0) is 14.3 Å². The fourth-order valence-corrected chi connectivity index (χ4v) is 5.04. The van der Waals surface area contributed by atoms with Gasteiger partial charge in [0.25, 0.3) is 0 Å². The zero-order valence-electron chi connectivity index (χ0n) is 14.2. The van der Waals surface area contributed by atoms with Crippen LogP contribution in [0.3, 0.4) is 0 Å². The molecule has 7 nitrogen and oxygen atoms in total. The topological polar surface area (TPSA) is 88.1 Å². The number of thioether (sulfide) groups is 1. The van der Waals surface area contributed by atoms with Crippen LogP contribution in [0, 0.1) is 13.8 Å². The lowest BCUT2D eigenvalue weighted by molar-refractivity contribution is -0.128. The molecule has 2 aliphatic heterocycles. The van der Waals surface area contributed by atoms with Crippen LogP contribution in [0.2, 0.25) is 0 Å². The van der Waals surface area contributed by atoms with Gasteiger partial charge >= 0.3 is 5.97 Å². The number of aliphatic imine (C=N–C) groups is 1. The van der Waals surface area contributed by atoms with E-state index < -0.39 is 11.2 Å². The molecule has 0 aliphatic carbocycles. The first kappa shape index (κ1) is 17.9. The van der Waals surface area contributed by atoms with Crippen molar-refractivity contribution in [1.82, 2.24) is 4.90 Å². The maximum Gasteiger partial charge on any atom is 0.341 e. The van der Waals surface area contributed by atoms with Crippen molar-refractivity contribution in [2.24, 2.45) is 4.99 Å². The average Bonchev–Trinajstić information content (AvgIpc) is 3.04. The van der Waals surface area contributed by atoms with Crippen LogP contribution in [0.4, 0.5) is 5.00 Å². The van der Waals surface area contributed by atoms with E-state index in [0.29, 0.717) is 22.3 Å². The fraction of sp³-hybridized carbons (Fsp3) is 0.500. The normalized spacial score (nSPS) is 19.5. The Morgan fingerprint density at radius 2 is 2.16 bits per heavy atom. The average molecular weight is 381 g/mol. The number of rotatable bonds is 4. The van der Waals surface area contributed by atoms with E-state index >= 15 is 0 Å². The number of carbonyl (C=O) groups excluding carboxylic acids is 3. The largest absolute Gasteiger partial charge is 0.465 e. The number of nitrogens with one attached hydrogen (secondary N) is 1. The molecule has 25 heavy (non-hydrogen) atoms. The van der Waals surface area contributed by atoms with Gasteiger partial charge in [-0.05, 0) is 25.8 Å². The molecule has 0 saturated carbocycles. The van der Waals surface area contributed by atoms with Gasteiger partial charge in [0.15, 0.2) is 5.17 Å². The van der Waals surface area contributed by atoms with Gasteiger partial charge in [-0.25, -0.2) is 4.79 Å². The Hall–Kier alpha value is -1.87.